The minimum Gasteiger partial charge on any atom is -0.495 e. The first-order valence-corrected chi connectivity index (χ1v) is 7.24. The standard InChI is InChI=1S/C15H14Cl3NO2/c1-20-11-7-6-9(15(21-2)13(11)18)14(19)8-4-3-5-10(16)12(8)17/h3-7,14H,19H2,1-2H3. The van der Waals surface area contributed by atoms with E-state index in [1.807, 2.05) is 6.07 Å². The zero-order valence-corrected chi connectivity index (χ0v) is 13.8. The van der Waals surface area contributed by atoms with E-state index >= 15 is 0 Å². The molecule has 0 spiro atoms. The van der Waals surface area contributed by atoms with Gasteiger partial charge in [0.25, 0.3) is 0 Å². The highest BCUT2D eigenvalue weighted by Gasteiger charge is 2.21. The first-order valence-electron chi connectivity index (χ1n) is 6.11. The fourth-order valence-corrected chi connectivity index (χ4v) is 2.84. The van der Waals surface area contributed by atoms with Crippen LogP contribution in [0.3, 0.4) is 0 Å². The summed E-state index contributed by atoms with van der Waals surface area (Å²) in [6, 6.07) is 8.33. The second-order valence-corrected chi connectivity index (χ2v) is 5.49. The third kappa shape index (κ3) is 3.06. The average molecular weight is 347 g/mol. The van der Waals surface area contributed by atoms with Gasteiger partial charge in [0.15, 0.2) is 0 Å². The van der Waals surface area contributed by atoms with E-state index < -0.39 is 6.04 Å². The van der Waals surface area contributed by atoms with Crippen molar-refractivity contribution >= 4 is 34.8 Å². The second kappa shape index (κ2) is 6.75. The molecule has 0 heterocycles. The van der Waals surface area contributed by atoms with Gasteiger partial charge in [0.2, 0.25) is 0 Å². The van der Waals surface area contributed by atoms with Crippen LogP contribution >= 0.6 is 34.8 Å². The van der Waals surface area contributed by atoms with E-state index in [0.717, 1.165) is 0 Å². The van der Waals surface area contributed by atoms with E-state index in [-0.39, 0.29) is 0 Å². The Morgan fingerprint density at radius 3 is 2.24 bits per heavy atom. The van der Waals surface area contributed by atoms with Crippen molar-refractivity contribution in [2.24, 2.45) is 5.73 Å². The van der Waals surface area contributed by atoms with Gasteiger partial charge in [-0.05, 0) is 23.8 Å². The second-order valence-electron chi connectivity index (χ2n) is 4.32. The maximum absolute atomic E-state index is 6.30. The third-order valence-electron chi connectivity index (χ3n) is 3.17. The lowest BCUT2D eigenvalue weighted by atomic mass is 9.98. The Hall–Kier alpha value is -1.13. The van der Waals surface area contributed by atoms with Crippen LogP contribution in [0.15, 0.2) is 30.3 Å². The summed E-state index contributed by atoms with van der Waals surface area (Å²) in [6.45, 7) is 0. The molecule has 0 aliphatic carbocycles. The number of ether oxygens (including phenoxy) is 2. The Labute approximate surface area is 138 Å². The number of hydrogen-bond donors (Lipinski definition) is 1. The van der Waals surface area contributed by atoms with Crippen molar-refractivity contribution in [3.63, 3.8) is 0 Å². The normalized spacial score (nSPS) is 12.1. The molecule has 0 fully saturated rings. The molecule has 2 rings (SSSR count). The Balaban J connectivity index is 2.56. The number of halogens is 3. The molecule has 0 radical (unpaired) electrons. The summed E-state index contributed by atoms with van der Waals surface area (Å²) < 4.78 is 10.5. The summed E-state index contributed by atoms with van der Waals surface area (Å²) in [7, 11) is 3.06. The quantitative estimate of drug-likeness (QED) is 0.871. The molecule has 6 heteroatoms. The van der Waals surface area contributed by atoms with Gasteiger partial charge < -0.3 is 15.2 Å². The zero-order valence-electron chi connectivity index (χ0n) is 11.5. The molecule has 21 heavy (non-hydrogen) atoms. The molecule has 1 atom stereocenters. The Morgan fingerprint density at radius 2 is 1.62 bits per heavy atom. The zero-order chi connectivity index (χ0) is 15.6. The minimum absolute atomic E-state index is 0.367. The van der Waals surface area contributed by atoms with E-state index in [4.69, 9.17) is 50.0 Å². The number of benzene rings is 2. The van der Waals surface area contributed by atoms with Crippen molar-refractivity contribution in [2.45, 2.75) is 6.04 Å². The molecule has 0 bridgehead atoms. The molecule has 0 aliphatic rings. The lowest BCUT2D eigenvalue weighted by Gasteiger charge is -2.19. The maximum Gasteiger partial charge on any atom is 0.146 e. The molecule has 0 aliphatic heterocycles. The topological polar surface area (TPSA) is 44.5 Å². The monoisotopic (exact) mass is 345 g/mol. The van der Waals surface area contributed by atoms with Crippen LogP contribution in [0.25, 0.3) is 0 Å². The first kappa shape index (κ1) is 16.2. The Bertz CT molecular complexity index is 662. The summed E-state index contributed by atoms with van der Waals surface area (Å²) in [5.41, 5.74) is 7.70. The van der Waals surface area contributed by atoms with Gasteiger partial charge in [-0.15, -0.1) is 0 Å². The summed E-state index contributed by atoms with van der Waals surface area (Å²) in [4.78, 5) is 0. The molecular formula is C15H14Cl3NO2. The molecule has 1 unspecified atom stereocenters. The van der Waals surface area contributed by atoms with Crippen molar-refractivity contribution in [2.75, 3.05) is 14.2 Å². The summed E-state index contributed by atoms with van der Waals surface area (Å²) in [5, 5.41) is 1.23. The molecule has 2 aromatic carbocycles. The van der Waals surface area contributed by atoms with Crippen LogP contribution in [-0.2, 0) is 0 Å². The molecule has 3 nitrogen and oxygen atoms in total. The van der Waals surface area contributed by atoms with Gasteiger partial charge in [0, 0.05) is 5.56 Å². The highest BCUT2D eigenvalue weighted by molar-refractivity contribution is 6.42. The van der Waals surface area contributed by atoms with Crippen LogP contribution in [0, 0.1) is 0 Å². The van der Waals surface area contributed by atoms with Crippen LogP contribution in [-0.4, -0.2) is 14.2 Å². The minimum atomic E-state index is -0.519. The predicted octanol–water partition coefficient (Wildman–Crippen LogP) is 4.71. The molecule has 0 amide bonds. The third-order valence-corrected chi connectivity index (χ3v) is 4.36. The van der Waals surface area contributed by atoms with Crippen LogP contribution in [0.2, 0.25) is 15.1 Å². The predicted molar refractivity (Wildman–Crippen MR) is 87.0 cm³/mol. The van der Waals surface area contributed by atoms with Crippen LogP contribution in [0.5, 0.6) is 11.5 Å². The molecule has 2 N–H and O–H groups in total. The maximum atomic E-state index is 6.30. The van der Waals surface area contributed by atoms with E-state index in [1.54, 1.807) is 24.3 Å². The van der Waals surface area contributed by atoms with Gasteiger partial charge in [0.1, 0.15) is 16.5 Å². The van der Waals surface area contributed by atoms with Gasteiger partial charge >= 0.3 is 0 Å². The van der Waals surface area contributed by atoms with Crippen molar-refractivity contribution in [1.82, 2.24) is 0 Å². The van der Waals surface area contributed by atoms with Gasteiger partial charge in [0.05, 0.1) is 30.3 Å². The van der Waals surface area contributed by atoms with Crippen molar-refractivity contribution in [3.8, 4) is 11.5 Å². The lowest BCUT2D eigenvalue weighted by Crippen LogP contribution is -2.14. The molecular weight excluding hydrogens is 333 g/mol. The van der Waals surface area contributed by atoms with Crippen LogP contribution in [0.4, 0.5) is 0 Å². The van der Waals surface area contributed by atoms with E-state index in [1.165, 1.54) is 14.2 Å². The molecule has 2 aromatic rings. The fourth-order valence-electron chi connectivity index (χ4n) is 2.09. The molecule has 0 aromatic heterocycles. The summed E-state index contributed by atoms with van der Waals surface area (Å²) >= 11 is 18.5. The van der Waals surface area contributed by atoms with Crippen molar-refractivity contribution in [1.29, 1.82) is 0 Å². The first-order chi connectivity index (χ1) is 10.0. The van der Waals surface area contributed by atoms with Crippen LogP contribution in [0.1, 0.15) is 17.2 Å². The van der Waals surface area contributed by atoms with Crippen molar-refractivity contribution in [3.05, 3.63) is 56.5 Å². The average Bonchev–Trinajstić information content (AvgIpc) is 2.49. The highest BCUT2D eigenvalue weighted by Crippen LogP contribution is 2.42. The number of rotatable bonds is 4. The Kier molecular flexibility index (Phi) is 5.22. The van der Waals surface area contributed by atoms with Crippen LogP contribution < -0.4 is 15.2 Å². The van der Waals surface area contributed by atoms with E-state index in [2.05, 4.69) is 0 Å². The Morgan fingerprint density at radius 1 is 0.905 bits per heavy atom. The van der Waals surface area contributed by atoms with Gasteiger partial charge in [-0.2, -0.15) is 0 Å². The fraction of sp³-hybridized carbons (Fsp3) is 0.200. The molecule has 112 valence electrons. The highest BCUT2D eigenvalue weighted by atomic mass is 35.5. The molecule has 0 saturated heterocycles. The number of methoxy groups -OCH3 is 2. The smallest absolute Gasteiger partial charge is 0.146 e. The summed E-state index contributed by atoms with van der Waals surface area (Å²) in [5.74, 6) is 0.973. The van der Waals surface area contributed by atoms with Gasteiger partial charge in [-0.25, -0.2) is 0 Å². The van der Waals surface area contributed by atoms with Crippen molar-refractivity contribution < 1.29 is 9.47 Å². The van der Waals surface area contributed by atoms with E-state index in [9.17, 15) is 0 Å². The largest absolute Gasteiger partial charge is 0.495 e. The SMILES string of the molecule is COc1ccc(C(N)c2cccc(Cl)c2Cl)c(OC)c1Cl. The van der Waals surface area contributed by atoms with Gasteiger partial charge in [-0.1, -0.05) is 46.9 Å². The number of nitrogens with two attached hydrogens (primary N) is 1. The lowest BCUT2D eigenvalue weighted by molar-refractivity contribution is 0.390. The van der Waals surface area contributed by atoms with E-state index in [0.29, 0.717) is 37.7 Å². The number of hydrogen-bond acceptors (Lipinski definition) is 3. The summed E-state index contributed by atoms with van der Waals surface area (Å²) in [6.07, 6.45) is 0. The van der Waals surface area contributed by atoms with Gasteiger partial charge in [-0.3, -0.25) is 0 Å². The molecule has 0 saturated carbocycles.